The van der Waals surface area contributed by atoms with Gasteiger partial charge in [0.15, 0.2) is 0 Å². The molecule has 0 atom stereocenters. The van der Waals surface area contributed by atoms with Gasteiger partial charge in [0.25, 0.3) is 0 Å². The molecule has 2 aromatic carbocycles. The Hall–Kier alpha value is -1.54. The molecule has 100 valence electrons. The Morgan fingerprint density at radius 2 is 1.79 bits per heavy atom. The molecule has 0 amide bonds. The van der Waals surface area contributed by atoms with Gasteiger partial charge in [-0.1, -0.05) is 17.7 Å². The van der Waals surface area contributed by atoms with E-state index >= 15 is 0 Å². The number of hydrogen-bond acceptors (Lipinski definition) is 1. The van der Waals surface area contributed by atoms with Crippen molar-refractivity contribution in [3.05, 3.63) is 59.4 Å². The number of rotatable bonds is 4. The molecule has 2 rings (SSSR count). The van der Waals surface area contributed by atoms with Crippen molar-refractivity contribution < 1.29 is 4.39 Å². The molecule has 0 saturated carbocycles. The Kier molecular flexibility index (Phi) is 4.43. The maximum Gasteiger partial charge on any atom is 0.123 e. The van der Waals surface area contributed by atoms with E-state index in [0.717, 1.165) is 23.5 Å². The van der Waals surface area contributed by atoms with E-state index in [2.05, 4.69) is 43.0 Å². The lowest BCUT2D eigenvalue weighted by molar-refractivity contribution is 0.626. The number of alkyl halides is 1. The first-order chi connectivity index (χ1) is 9.15. The molecule has 0 spiro atoms. The monoisotopic (exact) mass is 277 g/mol. The summed E-state index contributed by atoms with van der Waals surface area (Å²) >= 11 is 5.92. The Morgan fingerprint density at radius 1 is 1.11 bits per heavy atom. The van der Waals surface area contributed by atoms with Crippen molar-refractivity contribution in [1.29, 1.82) is 0 Å². The molecular formula is C16H17ClFN. The van der Waals surface area contributed by atoms with Crippen molar-refractivity contribution in [2.24, 2.45) is 0 Å². The third kappa shape index (κ3) is 3.07. The first-order valence-corrected chi connectivity index (χ1v) is 6.87. The quantitative estimate of drug-likeness (QED) is 0.709. The van der Waals surface area contributed by atoms with Crippen molar-refractivity contribution in [3.63, 3.8) is 0 Å². The summed E-state index contributed by atoms with van der Waals surface area (Å²) in [7, 11) is 0. The summed E-state index contributed by atoms with van der Waals surface area (Å²) in [5.41, 5.74) is 4.08. The lowest BCUT2D eigenvalue weighted by Gasteiger charge is -2.25. The summed E-state index contributed by atoms with van der Waals surface area (Å²) in [6.45, 7) is 4.93. The van der Waals surface area contributed by atoms with Crippen LogP contribution in [-0.4, -0.2) is 6.54 Å². The lowest BCUT2D eigenvalue weighted by Crippen LogP contribution is -2.17. The highest BCUT2D eigenvalue weighted by molar-refractivity contribution is 6.17. The minimum atomic E-state index is -0.251. The lowest BCUT2D eigenvalue weighted by atomic mass is 10.1. The van der Waals surface area contributed by atoms with E-state index in [-0.39, 0.29) is 5.82 Å². The first kappa shape index (κ1) is 13.9. The maximum atomic E-state index is 13.3. The average molecular weight is 278 g/mol. The molecule has 0 aromatic heterocycles. The van der Waals surface area contributed by atoms with Crippen LogP contribution in [0.2, 0.25) is 0 Å². The van der Waals surface area contributed by atoms with Gasteiger partial charge in [0.2, 0.25) is 0 Å². The topological polar surface area (TPSA) is 3.24 Å². The minimum Gasteiger partial charge on any atom is -0.342 e. The maximum absolute atomic E-state index is 13.3. The fourth-order valence-corrected chi connectivity index (χ4v) is 2.36. The Balaban J connectivity index is 2.44. The standard InChI is InChI=1S/C16H17ClFN/c1-3-19(15-7-4-12(2)5-8-15)16-9-6-14(18)10-13(16)11-17/h4-10H,3,11H2,1-2H3. The summed E-state index contributed by atoms with van der Waals surface area (Å²) in [6, 6.07) is 13.0. The van der Waals surface area contributed by atoms with Gasteiger partial charge in [-0.2, -0.15) is 0 Å². The van der Waals surface area contributed by atoms with E-state index in [1.54, 1.807) is 6.07 Å². The second kappa shape index (κ2) is 6.07. The summed E-state index contributed by atoms with van der Waals surface area (Å²) in [4.78, 5) is 2.14. The van der Waals surface area contributed by atoms with Gasteiger partial charge in [-0.15, -0.1) is 11.6 Å². The van der Waals surface area contributed by atoms with Gasteiger partial charge in [-0.25, -0.2) is 4.39 Å². The fourth-order valence-electron chi connectivity index (χ4n) is 2.14. The molecule has 0 fully saturated rings. The van der Waals surface area contributed by atoms with Gasteiger partial charge in [0.1, 0.15) is 5.82 Å². The van der Waals surface area contributed by atoms with Gasteiger partial charge in [0.05, 0.1) is 0 Å². The van der Waals surface area contributed by atoms with E-state index in [0.29, 0.717) is 5.88 Å². The Morgan fingerprint density at radius 3 is 2.37 bits per heavy atom. The second-order valence-electron chi connectivity index (χ2n) is 4.49. The predicted octanol–water partition coefficient (Wildman–Crippen LogP) is 5.03. The largest absolute Gasteiger partial charge is 0.342 e. The molecule has 2 aromatic rings. The molecule has 0 saturated heterocycles. The third-order valence-corrected chi connectivity index (χ3v) is 3.43. The van der Waals surface area contributed by atoms with Crippen LogP contribution in [-0.2, 0) is 5.88 Å². The van der Waals surface area contributed by atoms with E-state index < -0.39 is 0 Å². The summed E-state index contributed by atoms with van der Waals surface area (Å²) in [5.74, 6) is 0.0505. The zero-order valence-electron chi connectivity index (χ0n) is 11.2. The van der Waals surface area contributed by atoms with Crippen LogP contribution in [0.15, 0.2) is 42.5 Å². The molecule has 0 aliphatic carbocycles. The van der Waals surface area contributed by atoms with Crippen molar-refractivity contribution >= 4 is 23.0 Å². The molecule has 0 radical (unpaired) electrons. The SMILES string of the molecule is CCN(c1ccc(C)cc1)c1ccc(F)cc1CCl. The van der Waals surface area contributed by atoms with Crippen LogP contribution in [0, 0.1) is 12.7 Å². The van der Waals surface area contributed by atoms with Crippen molar-refractivity contribution in [2.45, 2.75) is 19.7 Å². The average Bonchev–Trinajstić information content (AvgIpc) is 2.43. The zero-order valence-corrected chi connectivity index (χ0v) is 11.9. The van der Waals surface area contributed by atoms with Crippen molar-refractivity contribution in [1.82, 2.24) is 0 Å². The number of hydrogen-bond donors (Lipinski definition) is 0. The zero-order chi connectivity index (χ0) is 13.8. The van der Waals surface area contributed by atoms with Gasteiger partial charge in [-0.3, -0.25) is 0 Å². The fraction of sp³-hybridized carbons (Fsp3) is 0.250. The molecule has 0 aliphatic rings. The number of benzene rings is 2. The second-order valence-corrected chi connectivity index (χ2v) is 4.75. The summed E-state index contributed by atoms with van der Waals surface area (Å²) in [6.07, 6.45) is 0. The molecule has 3 heteroatoms. The number of halogens is 2. The van der Waals surface area contributed by atoms with Crippen LogP contribution in [0.3, 0.4) is 0 Å². The van der Waals surface area contributed by atoms with Crippen LogP contribution in [0.5, 0.6) is 0 Å². The molecule has 19 heavy (non-hydrogen) atoms. The first-order valence-electron chi connectivity index (χ1n) is 6.34. The van der Waals surface area contributed by atoms with Crippen LogP contribution in [0.1, 0.15) is 18.1 Å². The third-order valence-electron chi connectivity index (χ3n) is 3.14. The number of nitrogens with zero attached hydrogens (tertiary/aromatic N) is 1. The molecule has 0 N–H and O–H groups in total. The van der Waals surface area contributed by atoms with Crippen LogP contribution in [0.25, 0.3) is 0 Å². The normalized spacial score (nSPS) is 10.5. The van der Waals surface area contributed by atoms with Gasteiger partial charge < -0.3 is 4.90 Å². The van der Waals surface area contributed by atoms with E-state index in [9.17, 15) is 4.39 Å². The van der Waals surface area contributed by atoms with Crippen LogP contribution in [0.4, 0.5) is 15.8 Å². The Bertz CT molecular complexity index is 551. The minimum absolute atomic E-state index is 0.251. The highest BCUT2D eigenvalue weighted by Gasteiger charge is 2.12. The van der Waals surface area contributed by atoms with Gasteiger partial charge in [0, 0.05) is 23.8 Å². The highest BCUT2D eigenvalue weighted by Crippen LogP contribution is 2.30. The van der Waals surface area contributed by atoms with Gasteiger partial charge in [-0.05, 0) is 49.7 Å². The van der Waals surface area contributed by atoms with Crippen molar-refractivity contribution in [2.75, 3.05) is 11.4 Å². The van der Waals surface area contributed by atoms with Gasteiger partial charge >= 0.3 is 0 Å². The number of aryl methyl sites for hydroxylation is 1. The predicted molar refractivity (Wildman–Crippen MR) is 79.8 cm³/mol. The van der Waals surface area contributed by atoms with E-state index in [4.69, 9.17) is 11.6 Å². The molecular weight excluding hydrogens is 261 g/mol. The molecule has 0 unspecified atom stereocenters. The summed E-state index contributed by atoms with van der Waals surface area (Å²) < 4.78 is 13.3. The van der Waals surface area contributed by atoms with Crippen LogP contribution < -0.4 is 4.90 Å². The van der Waals surface area contributed by atoms with E-state index in [1.165, 1.54) is 17.7 Å². The van der Waals surface area contributed by atoms with Crippen molar-refractivity contribution in [3.8, 4) is 0 Å². The molecule has 1 nitrogen and oxygen atoms in total. The smallest absolute Gasteiger partial charge is 0.123 e. The summed E-state index contributed by atoms with van der Waals surface area (Å²) in [5, 5.41) is 0. The number of anilines is 2. The van der Waals surface area contributed by atoms with Crippen LogP contribution >= 0.6 is 11.6 Å². The molecule has 0 bridgehead atoms. The molecule has 0 heterocycles. The Labute approximate surface area is 118 Å². The van der Waals surface area contributed by atoms with E-state index in [1.807, 2.05) is 0 Å². The highest BCUT2D eigenvalue weighted by atomic mass is 35.5. The molecule has 0 aliphatic heterocycles.